The highest BCUT2D eigenvalue weighted by Gasteiger charge is 2.36. The van der Waals surface area contributed by atoms with Gasteiger partial charge >= 0.3 is 20.1 Å². The van der Waals surface area contributed by atoms with Gasteiger partial charge in [-0.15, -0.1) is 0 Å². The van der Waals surface area contributed by atoms with Gasteiger partial charge in [0.1, 0.15) is 17.3 Å². The van der Waals surface area contributed by atoms with Gasteiger partial charge in [0.25, 0.3) is 0 Å². The molecule has 11 heteroatoms. The van der Waals surface area contributed by atoms with Crippen LogP contribution >= 0.6 is 0 Å². The first-order valence-corrected chi connectivity index (χ1v) is 12.8. The smallest absolute Gasteiger partial charge is 0.387 e. The lowest BCUT2D eigenvalue weighted by atomic mass is 9.79. The molecular formula is C28H34BF2N2O6. The van der Waals surface area contributed by atoms with Gasteiger partial charge in [-0.05, 0) is 77.2 Å². The minimum Gasteiger partial charge on any atom is -0.468 e. The van der Waals surface area contributed by atoms with Crippen LogP contribution in [0, 0.1) is 6.92 Å². The molecule has 0 bridgehead atoms. The van der Waals surface area contributed by atoms with Crippen molar-refractivity contribution in [1.82, 2.24) is 9.88 Å². The number of hydrogen-bond donors (Lipinski definition) is 1. The first kappa shape index (κ1) is 29.0. The number of esters is 1. The Morgan fingerprint density at radius 1 is 1.28 bits per heavy atom. The van der Waals surface area contributed by atoms with E-state index < -0.39 is 23.9 Å². The van der Waals surface area contributed by atoms with Crippen LogP contribution in [0.25, 0.3) is 22.6 Å². The molecule has 1 aliphatic heterocycles. The van der Waals surface area contributed by atoms with Crippen LogP contribution in [0.4, 0.5) is 8.78 Å². The molecule has 0 aliphatic carbocycles. The number of oxazole rings is 1. The van der Waals surface area contributed by atoms with Crippen LogP contribution in [0.3, 0.4) is 0 Å². The fraction of sp³-hybridized carbons (Fsp3) is 0.500. The predicted molar refractivity (Wildman–Crippen MR) is 143 cm³/mol. The summed E-state index contributed by atoms with van der Waals surface area (Å²) in [7, 11) is 2.93. The molecule has 209 valence electrons. The number of halogens is 2. The standard InChI is InChI=1S/C28H34BF2N2O6/c1-16-18(9-7-10-19(16)29-39-28(4,5)27(2,3)35)24-32-20-13-17(22(38-26(30)31)14-23(20)37-24)15-33-12-8-11-21(33)25(34)36-6/h7,9-10,13-14,21,26,35H,8,11-12,15H2,1-6H3/t21-/m0/s1. The van der Waals surface area contributed by atoms with Crippen molar-refractivity contribution in [3.05, 3.63) is 41.5 Å². The number of alkyl halides is 2. The summed E-state index contributed by atoms with van der Waals surface area (Å²) in [5.41, 5.74) is 1.64. The average Bonchev–Trinajstić information content (AvgIpc) is 3.48. The summed E-state index contributed by atoms with van der Waals surface area (Å²) in [5, 5.41) is 10.4. The number of ether oxygens (including phenoxy) is 2. The molecule has 0 saturated carbocycles. The van der Waals surface area contributed by atoms with Crippen LogP contribution in [-0.4, -0.2) is 66.0 Å². The zero-order chi connectivity index (χ0) is 28.5. The second-order valence-corrected chi connectivity index (χ2v) is 10.8. The Balaban J connectivity index is 1.66. The molecule has 1 N–H and O–H groups in total. The van der Waals surface area contributed by atoms with Crippen molar-refractivity contribution in [1.29, 1.82) is 0 Å². The molecule has 4 rings (SSSR count). The summed E-state index contributed by atoms with van der Waals surface area (Å²) >= 11 is 0. The van der Waals surface area contributed by atoms with Crippen LogP contribution in [0.1, 0.15) is 51.7 Å². The normalized spacial score (nSPS) is 16.7. The molecule has 2 heterocycles. The van der Waals surface area contributed by atoms with Gasteiger partial charge in [-0.1, -0.05) is 12.1 Å². The molecule has 0 unspecified atom stereocenters. The molecule has 3 aromatic rings. The average molecular weight is 543 g/mol. The number of aromatic nitrogens is 1. The van der Waals surface area contributed by atoms with Gasteiger partial charge in [-0.3, -0.25) is 9.69 Å². The van der Waals surface area contributed by atoms with Crippen molar-refractivity contribution >= 4 is 30.0 Å². The maximum Gasteiger partial charge on any atom is 0.387 e. The van der Waals surface area contributed by atoms with E-state index in [1.807, 2.05) is 30.0 Å². The van der Waals surface area contributed by atoms with E-state index in [2.05, 4.69) is 4.98 Å². The van der Waals surface area contributed by atoms with Gasteiger partial charge in [0, 0.05) is 23.7 Å². The van der Waals surface area contributed by atoms with E-state index >= 15 is 0 Å². The number of benzene rings is 2. The van der Waals surface area contributed by atoms with E-state index in [1.54, 1.807) is 41.2 Å². The van der Waals surface area contributed by atoms with E-state index in [4.69, 9.17) is 18.5 Å². The van der Waals surface area contributed by atoms with Crippen molar-refractivity contribution in [2.24, 2.45) is 0 Å². The topological polar surface area (TPSA) is 94.3 Å². The van der Waals surface area contributed by atoms with Crippen LogP contribution < -0.4 is 10.2 Å². The Morgan fingerprint density at radius 2 is 2.03 bits per heavy atom. The highest BCUT2D eigenvalue weighted by atomic mass is 19.3. The molecule has 1 atom stereocenters. The lowest BCUT2D eigenvalue weighted by Crippen LogP contribution is -2.49. The van der Waals surface area contributed by atoms with E-state index in [0.29, 0.717) is 41.1 Å². The van der Waals surface area contributed by atoms with E-state index in [1.165, 1.54) is 13.2 Å². The van der Waals surface area contributed by atoms with E-state index in [0.717, 1.165) is 17.4 Å². The Labute approximate surface area is 227 Å². The van der Waals surface area contributed by atoms with Gasteiger partial charge in [0.2, 0.25) is 5.89 Å². The van der Waals surface area contributed by atoms with Gasteiger partial charge in [0.15, 0.2) is 5.58 Å². The molecule has 8 nitrogen and oxygen atoms in total. The second-order valence-electron chi connectivity index (χ2n) is 10.8. The molecular weight excluding hydrogens is 509 g/mol. The summed E-state index contributed by atoms with van der Waals surface area (Å²) < 4.78 is 48.2. The van der Waals surface area contributed by atoms with Crippen LogP contribution in [0.2, 0.25) is 0 Å². The van der Waals surface area contributed by atoms with Crippen LogP contribution in [0.5, 0.6) is 5.75 Å². The monoisotopic (exact) mass is 543 g/mol. The minimum atomic E-state index is -3.03. The zero-order valence-electron chi connectivity index (χ0n) is 23.1. The molecule has 1 radical (unpaired) electrons. The molecule has 1 aliphatic rings. The first-order chi connectivity index (χ1) is 18.3. The third-order valence-electron chi connectivity index (χ3n) is 7.56. The fourth-order valence-corrected chi connectivity index (χ4v) is 4.45. The SMILES string of the molecule is COC(=O)[C@@H]1CCCN1Cc1cc2nc(-c3cccc([B]OC(C)(C)C(C)(C)O)c3C)oc2cc1OC(F)F. The number of carbonyl (C=O) groups excluding carboxylic acids is 1. The third kappa shape index (κ3) is 6.26. The maximum absolute atomic E-state index is 13.3. The quantitative estimate of drug-likeness (QED) is 0.298. The zero-order valence-corrected chi connectivity index (χ0v) is 23.1. The second kappa shape index (κ2) is 11.2. The number of methoxy groups -OCH3 is 1. The highest BCUT2D eigenvalue weighted by Crippen LogP contribution is 2.34. The largest absolute Gasteiger partial charge is 0.468 e. The van der Waals surface area contributed by atoms with Crippen molar-refractivity contribution in [3.63, 3.8) is 0 Å². The fourth-order valence-electron chi connectivity index (χ4n) is 4.45. The Kier molecular flexibility index (Phi) is 8.34. The van der Waals surface area contributed by atoms with Gasteiger partial charge in [-0.25, -0.2) is 4.98 Å². The number of carbonyl (C=O) groups is 1. The van der Waals surface area contributed by atoms with Gasteiger partial charge < -0.3 is 23.7 Å². The summed E-state index contributed by atoms with van der Waals surface area (Å²) in [5.74, 6) is -0.0688. The van der Waals surface area contributed by atoms with Crippen molar-refractivity contribution in [2.75, 3.05) is 13.7 Å². The molecule has 0 amide bonds. The lowest BCUT2D eigenvalue weighted by molar-refractivity contribution is -0.146. The number of fused-ring (bicyclic) bond motifs is 1. The Morgan fingerprint density at radius 3 is 2.69 bits per heavy atom. The van der Waals surface area contributed by atoms with E-state index in [9.17, 15) is 18.7 Å². The minimum absolute atomic E-state index is 0.0308. The molecule has 2 aromatic carbocycles. The number of likely N-dealkylation sites (tertiary alicyclic amines) is 1. The molecule has 39 heavy (non-hydrogen) atoms. The van der Waals surface area contributed by atoms with Crippen LogP contribution in [0.15, 0.2) is 34.7 Å². The number of nitrogens with zero attached hydrogens (tertiary/aromatic N) is 2. The van der Waals surface area contributed by atoms with Gasteiger partial charge in [0.05, 0.1) is 18.3 Å². The first-order valence-electron chi connectivity index (χ1n) is 12.8. The van der Waals surface area contributed by atoms with Crippen molar-refractivity contribution < 1.29 is 37.2 Å². The number of rotatable bonds is 10. The lowest BCUT2D eigenvalue weighted by Gasteiger charge is -2.37. The summed E-state index contributed by atoms with van der Waals surface area (Å²) in [6, 6.07) is 8.19. The van der Waals surface area contributed by atoms with Crippen LogP contribution in [-0.2, 0) is 20.7 Å². The Hall–Kier alpha value is -3.02. The molecule has 0 spiro atoms. The van der Waals surface area contributed by atoms with Crippen molar-refractivity contribution in [3.8, 4) is 17.2 Å². The third-order valence-corrected chi connectivity index (χ3v) is 7.56. The summed E-state index contributed by atoms with van der Waals surface area (Å²) in [4.78, 5) is 18.7. The molecule has 1 saturated heterocycles. The molecule has 1 fully saturated rings. The Bertz CT molecular complexity index is 1340. The summed E-state index contributed by atoms with van der Waals surface area (Å²) in [6.45, 7) is 6.69. The maximum atomic E-state index is 13.3. The summed E-state index contributed by atoms with van der Waals surface area (Å²) in [6.07, 6.45) is 1.43. The van der Waals surface area contributed by atoms with Crippen molar-refractivity contribution in [2.45, 2.75) is 77.9 Å². The molecule has 1 aromatic heterocycles. The van der Waals surface area contributed by atoms with Gasteiger partial charge in [-0.2, -0.15) is 8.78 Å². The number of hydrogen-bond acceptors (Lipinski definition) is 8. The number of aliphatic hydroxyl groups is 1. The van der Waals surface area contributed by atoms with E-state index in [-0.39, 0.29) is 18.3 Å². The predicted octanol–water partition coefficient (Wildman–Crippen LogP) is 4.35. The highest BCUT2D eigenvalue weighted by molar-refractivity contribution is 6.48.